The lowest BCUT2D eigenvalue weighted by Gasteiger charge is -2.22. The number of nitrogens with zero attached hydrogens (tertiary/aromatic N) is 4. The van der Waals surface area contributed by atoms with Crippen LogP contribution in [0.2, 0.25) is 0 Å². The molecule has 0 fully saturated rings. The Kier molecular flexibility index (Phi) is 3.50. The number of aryl methyl sites for hydroxylation is 1. The van der Waals surface area contributed by atoms with E-state index in [-0.39, 0.29) is 5.75 Å². The van der Waals surface area contributed by atoms with E-state index in [1.165, 1.54) is 0 Å². The second kappa shape index (κ2) is 5.56. The molecule has 0 N–H and O–H groups in total. The van der Waals surface area contributed by atoms with Crippen LogP contribution in [-0.2, 0) is 29.2 Å². The van der Waals surface area contributed by atoms with Crippen molar-refractivity contribution in [1.29, 1.82) is 5.26 Å². The van der Waals surface area contributed by atoms with E-state index < -0.39 is 9.84 Å². The quantitative estimate of drug-likeness (QED) is 0.784. The first-order valence-electron chi connectivity index (χ1n) is 7.94. The van der Waals surface area contributed by atoms with Gasteiger partial charge in [-0.05, 0) is 36.5 Å². The summed E-state index contributed by atoms with van der Waals surface area (Å²) in [6.45, 7) is 0.719. The fraction of sp³-hybridized carbons (Fsp3) is 0.353. The summed E-state index contributed by atoms with van der Waals surface area (Å²) in [5.74, 6) is 0.512. The van der Waals surface area contributed by atoms with Crippen LogP contribution in [0.3, 0.4) is 0 Å². The SMILES string of the molecule is N#Cc1c(N2CCS(=O)(=O)c3ccccc3C2)nnc2c1CCC2. The summed E-state index contributed by atoms with van der Waals surface area (Å²) in [5, 5.41) is 18.2. The van der Waals surface area contributed by atoms with E-state index in [0.29, 0.717) is 29.4 Å². The van der Waals surface area contributed by atoms with Crippen molar-refractivity contribution >= 4 is 15.7 Å². The van der Waals surface area contributed by atoms with Gasteiger partial charge in [0.15, 0.2) is 15.7 Å². The molecule has 2 heterocycles. The Balaban J connectivity index is 1.81. The van der Waals surface area contributed by atoms with Crippen molar-refractivity contribution in [2.24, 2.45) is 0 Å². The summed E-state index contributed by atoms with van der Waals surface area (Å²) < 4.78 is 25.0. The van der Waals surface area contributed by atoms with Gasteiger partial charge in [-0.25, -0.2) is 8.42 Å². The van der Waals surface area contributed by atoms with E-state index in [1.807, 2.05) is 17.0 Å². The highest BCUT2D eigenvalue weighted by atomic mass is 32.2. The molecule has 7 heteroatoms. The predicted molar refractivity (Wildman–Crippen MR) is 88.3 cm³/mol. The summed E-state index contributed by atoms with van der Waals surface area (Å²) in [6, 6.07) is 9.30. The zero-order valence-electron chi connectivity index (χ0n) is 13.1. The molecule has 1 aromatic carbocycles. The van der Waals surface area contributed by atoms with Crippen molar-refractivity contribution in [3.63, 3.8) is 0 Å². The highest BCUT2D eigenvalue weighted by Gasteiger charge is 2.29. The lowest BCUT2D eigenvalue weighted by molar-refractivity contribution is 0.596. The Hall–Kier alpha value is -2.46. The zero-order chi connectivity index (χ0) is 16.7. The number of hydrogen-bond acceptors (Lipinski definition) is 6. The lowest BCUT2D eigenvalue weighted by Crippen LogP contribution is -2.28. The maximum Gasteiger partial charge on any atom is 0.180 e. The monoisotopic (exact) mass is 340 g/mol. The van der Waals surface area contributed by atoms with Crippen molar-refractivity contribution in [1.82, 2.24) is 10.2 Å². The molecule has 1 aromatic heterocycles. The zero-order valence-corrected chi connectivity index (χ0v) is 13.9. The van der Waals surface area contributed by atoms with Crippen molar-refractivity contribution in [3.05, 3.63) is 46.6 Å². The highest BCUT2D eigenvalue weighted by molar-refractivity contribution is 7.91. The van der Waals surface area contributed by atoms with Gasteiger partial charge >= 0.3 is 0 Å². The number of fused-ring (bicyclic) bond motifs is 2. The smallest absolute Gasteiger partial charge is 0.180 e. The molecule has 4 rings (SSSR count). The molecular formula is C17H16N4O2S. The summed E-state index contributed by atoms with van der Waals surface area (Å²) in [5.41, 5.74) is 3.16. The lowest BCUT2D eigenvalue weighted by atomic mass is 10.1. The Morgan fingerprint density at radius 2 is 2.00 bits per heavy atom. The second-order valence-corrected chi connectivity index (χ2v) is 8.21. The van der Waals surface area contributed by atoms with Crippen molar-refractivity contribution in [2.45, 2.75) is 30.7 Å². The van der Waals surface area contributed by atoms with Gasteiger partial charge in [-0.15, -0.1) is 5.10 Å². The van der Waals surface area contributed by atoms with E-state index in [4.69, 9.17) is 0 Å². The molecule has 0 bridgehead atoms. The Bertz CT molecular complexity index is 963. The van der Waals surface area contributed by atoms with Gasteiger partial charge in [-0.3, -0.25) is 0 Å². The topological polar surface area (TPSA) is 87.0 Å². The van der Waals surface area contributed by atoms with E-state index in [9.17, 15) is 13.7 Å². The minimum atomic E-state index is -3.32. The van der Waals surface area contributed by atoms with E-state index in [2.05, 4.69) is 16.3 Å². The first kappa shape index (κ1) is 15.1. The molecule has 0 saturated heterocycles. The van der Waals surface area contributed by atoms with Gasteiger partial charge in [0.05, 0.1) is 16.3 Å². The number of nitriles is 1. The summed E-state index contributed by atoms with van der Waals surface area (Å²) >= 11 is 0. The molecule has 6 nitrogen and oxygen atoms in total. The van der Waals surface area contributed by atoms with Crippen molar-refractivity contribution in [3.8, 4) is 6.07 Å². The summed E-state index contributed by atoms with van der Waals surface area (Å²) in [6.07, 6.45) is 2.68. The van der Waals surface area contributed by atoms with Gasteiger partial charge in [-0.1, -0.05) is 18.2 Å². The average molecular weight is 340 g/mol. The van der Waals surface area contributed by atoms with Crippen LogP contribution in [0.15, 0.2) is 29.2 Å². The molecule has 24 heavy (non-hydrogen) atoms. The molecule has 0 spiro atoms. The van der Waals surface area contributed by atoms with Crippen LogP contribution in [0.1, 0.15) is 28.8 Å². The number of rotatable bonds is 1. The summed E-state index contributed by atoms with van der Waals surface area (Å²) in [4.78, 5) is 2.24. The minimum Gasteiger partial charge on any atom is -0.349 e. The number of sulfone groups is 1. The van der Waals surface area contributed by atoms with Crippen molar-refractivity contribution in [2.75, 3.05) is 17.2 Å². The number of aromatic nitrogens is 2. The van der Waals surface area contributed by atoms with E-state index >= 15 is 0 Å². The van der Waals surface area contributed by atoms with Crippen molar-refractivity contribution < 1.29 is 8.42 Å². The van der Waals surface area contributed by atoms with Gasteiger partial charge in [-0.2, -0.15) is 10.4 Å². The van der Waals surface area contributed by atoms with Crippen LogP contribution in [0, 0.1) is 11.3 Å². The minimum absolute atomic E-state index is 0.00759. The third kappa shape index (κ3) is 2.34. The normalized spacial score (nSPS) is 18.4. The number of hydrogen-bond donors (Lipinski definition) is 0. The summed E-state index contributed by atoms with van der Waals surface area (Å²) in [7, 11) is -3.32. The van der Waals surface area contributed by atoms with Gasteiger partial charge in [0.25, 0.3) is 0 Å². The number of benzene rings is 1. The number of anilines is 1. The molecule has 122 valence electrons. The van der Waals surface area contributed by atoms with Gasteiger partial charge in [0.2, 0.25) is 0 Å². The molecule has 1 aliphatic heterocycles. The molecule has 0 amide bonds. The molecule has 0 radical (unpaired) electrons. The third-order valence-electron chi connectivity index (χ3n) is 4.69. The van der Waals surface area contributed by atoms with E-state index in [1.54, 1.807) is 12.1 Å². The Morgan fingerprint density at radius 3 is 2.83 bits per heavy atom. The first-order valence-corrected chi connectivity index (χ1v) is 9.59. The molecule has 0 atom stereocenters. The van der Waals surface area contributed by atoms with Gasteiger partial charge < -0.3 is 4.90 Å². The van der Waals surface area contributed by atoms with Gasteiger partial charge in [0, 0.05) is 13.1 Å². The maximum absolute atomic E-state index is 12.5. The molecular weight excluding hydrogens is 324 g/mol. The van der Waals surface area contributed by atoms with Crippen LogP contribution >= 0.6 is 0 Å². The average Bonchev–Trinajstić information content (AvgIpc) is 3.01. The molecule has 0 saturated carbocycles. The van der Waals surface area contributed by atoms with Crippen LogP contribution in [0.5, 0.6) is 0 Å². The van der Waals surface area contributed by atoms with Crippen LogP contribution in [0.25, 0.3) is 0 Å². The largest absolute Gasteiger partial charge is 0.349 e. The molecule has 2 aromatic rings. The Morgan fingerprint density at radius 1 is 1.17 bits per heavy atom. The second-order valence-electron chi connectivity index (χ2n) is 6.14. The van der Waals surface area contributed by atoms with Gasteiger partial charge in [0.1, 0.15) is 11.6 Å². The first-order chi connectivity index (χ1) is 11.6. The molecule has 0 unspecified atom stereocenters. The highest BCUT2D eigenvalue weighted by Crippen LogP contribution is 2.31. The fourth-order valence-corrected chi connectivity index (χ4v) is 4.98. The van der Waals surface area contributed by atoms with Crippen LogP contribution in [0.4, 0.5) is 5.82 Å². The maximum atomic E-state index is 12.5. The standard InChI is InChI=1S/C17H16N4O2S/c18-10-14-13-5-3-6-15(13)19-20-17(14)21-8-9-24(22,23)16-7-2-1-4-12(16)11-21/h1-2,4,7H,3,5-6,8-9,11H2. The van der Waals surface area contributed by atoms with Crippen LogP contribution < -0.4 is 4.90 Å². The van der Waals surface area contributed by atoms with E-state index in [0.717, 1.165) is 36.1 Å². The Labute approximate surface area is 140 Å². The molecule has 1 aliphatic carbocycles. The molecule has 2 aliphatic rings. The fourth-order valence-electron chi connectivity index (χ4n) is 3.48. The van der Waals surface area contributed by atoms with Crippen LogP contribution in [-0.4, -0.2) is 30.9 Å². The predicted octanol–water partition coefficient (Wildman–Crippen LogP) is 1.63. The third-order valence-corrected chi connectivity index (χ3v) is 6.48.